The number of hydrogen-bond donors (Lipinski definition) is 2. The average Bonchev–Trinajstić information content (AvgIpc) is 2.96. The highest BCUT2D eigenvalue weighted by Gasteiger charge is 2.23. The molecule has 4 heteroatoms. The van der Waals surface area contributed by atoms with Gasteiger partial charge >= 0.3 is 0 Å². The molecule has 0 spiro atoms. The Morgan fingerprint density at radius 3 is 2.56 bits per heavy atom. The van der Waals surface area contributed by atoms with Gasteiger partial charge in [0, 0.05) is 32.1 Å². The zero-order valence-corrected chi connectivity index (χ0v) is 10.6. The normalized spacial score (nSPS) is 16.2. The average molecular weight is 228 g/mol. The number of aliphatic hydroxyl groups is 1. The van der Waals surface area contributed by atoms with E-state index in [4.69, 9.17) is 0 Å². The molecule has 0 aromatic carbocycles. The summed E-state index contributed by atoms with van der Waals surface area (Å²) in [5.74, 6) is 0.123. The van der Waals surface area contributed by atoms with Crippen LogP contribution in [0.15, 0.2) is 0 Å². The minimum atomic E-state index is -0.810. The molecule has 0 radical (unpaired) electrons. The SMILES string of the molecule is CCN(CC(C)(C)O)C(=O)CCNC1CC1. The van der Waals surface area contributed by atoms with Crippen molar-refractivity contribution in [2.24, 2.45) is 0 Å². The molecule has 1 saturated carbocycles. The van der Waals surface area contributed by atoms with Gasteiger partial charge in [-0.15, -0.1) is 0 Å². The summed E-state index contributed by atoms with van der Waals surface area (Å²) in [5.41, 5.74) is -0.810. The van der Waals surface area contributed by atoms with Gasteiger partial charge in [-0.1, -0.05) is 0 Å². The van der Waals surface area contributed by atoms with E-state index in [1.807, 2.05) is 6.92 Å². The van der Waals surface area contributed by atoms with E-state index in [1.54, 1.807) is 18.7 Å². The largest absolute Gasteiger partial charge is 0.389 e. The molecule has 0 saturated heterocycles. The molecule has 1 aliphatic rings. The molecule has 1 rings (SSSR count). The summed E-state index contributed by atoms with van der Waals surface area (Å²) < 4.78 is 0. The number of nitrogens with zero attached hydrogens (tertiary/aromatic N) is 1. The Bertz CT molecular complexity index is 232. The van der Waals surface area contributed by atoms with Gasteiger partial charge in [0.15, 0.2) is 0 Å². The first-order valence-electron chi connectivity index (χ1n) is 6.16. The lowest BCUT2D eigenvalue weighted by molar-refractivity contribution is -0.133. The Morgan fingerprint density at radius 1 is 1.50 bits per heavy atom. The molecule has 2 N–H and O–H groups in total. The number of carbonyl (C=O) groups excluding carboxylic acids is 1. The van der Waals surface area contributed by atoms with Crippen LogP contribution in [-0.2, 0) is 4.79 Å². The van der Waals surface area contributed by atoms with Crippen molar-refractivity contribution in [2.75, 3.05) is 19.6 Å². The Balaban J connectivity index is 2.24. The lowest BCUT2D eigenvalue weighted by Crippen LogP contribution is -2.42. The van der Waals surface area contributed by atoms with Gasteiger partial charge in [-0.05, 0) is 33.6 Å². The quantitative estimate of drug-likeness (QED) is 0.676. The Kier molecular flexibility index (Phi) is 4.74. The molecule has 0 atom stereocenters. The van der Waals surface area contributed by atoms with E-state index in [9.17, 15) is 9.90 Å². The van der Waals surface area contributed by atoms with Crippen LogP contribution in [0.4, 0.5) is 0 Å². The highest BCUT2D eigenvalue weighted by atomic mass is 16.3. The van der Waals surface area contributed by atoms with Crippen LogP contribution in [0.25, 0.3) is 0 Å². The Labute approximate surface area is 98.0 Å². The smallest absolute Gasteiger partial charge is 0.223 e. The van der Waals surface area contributed by atoms with Crippen molar-refractivity contribution in [3.05, 3.63) is 0 Å². The number of nitrogens with one attached hydrogen (secondary N) is 1. The molecule has 0 bridgehead atoms. The minimum Gasteiger partial charge on any atom is -0.389 e. The third kappa shape index (κ3) is 5.47. The summed E-state index contributed by atoms with van der Waals surface area (Å²) in [4.78, 5) is 13.5. The topological polar surface area (TPSA) is 52.6 Å². The second-order valence-corrected chi connectivity index (χ2v) is 5.20. The predicted molar refractivity (Wildman–Crippen MR) is 64.2 cm³/mol. The van der Waals surface area contributed by atoms with Crippen molar-refractivity contribution in [3.63, 3.8) is 0 Å². The van der Waals surface area contributed by atoms with E-state index in [0.717, 1.165) is 6.54 Å². The van der Waals surface area contributed by atoms with Crippen molar-refractivity contribution in [3.8, 4) is 0 Å². The molecule has 1 amide bonds. The summed E-state index contributed by atoms with van der Waals surface area (Å²) in [7, 11) is 0. The van der Waals surface area contributed by atoms with Gasteiger partial charge in [-0.3, -0.25) is 4.79 Å². The lowest BCUT2D eigenvalue weighted by atomic mass is 10.1. The molecule has 0 aromatic heterocycles. The van der Waals surface area contributed by atoms with Crippen molar-refractivity contribution >= 4 is 5.91 Å². The van der Waals surface area contributed by atoms with Crippen LogP contribution in [0, 0.1) is 0 Å². The second-order valence-electron chi connectivity index (χ2n) is 5.20. The van der Waals surface area contributed by atoms with E-state index in [1.165, 1.54) is 12.8 Å². The fourth-order valence-corrected chi connectivity index (χ4v) is 1.67. The fourth-order valence-electron chi connectivity index (χ4n) is 1.67. The minimum absolute atomic E-state index is 0.123. The molecule has 0 aromatic rings. The first-order chi connectivity index (χ1) is 7.42. The zero-order chi connectivity index (χ0) is 12.2. The van der Waals surface area contributed by atoms with Gasteiger partial charge in [0.2, 0.25) is 5.91 Å². The van der Waals surface area contributed by atoms with Gasteiger partial charge in [0.05, 0.1) is 5.60 Å². The maximum Gasteiger partial charge on any atom is 0.223 e. The predicted octanol–water partition coefficient (Wildman–Crippen LogP) is 0.748. The monoisotopic (exact) mass is 228 g/mol. The van der Waals surface area contributed by atoms with Gasteiger partial charge in [-0.25, -0.2) is 0 Å². The van der Waals surface area contributed by atoms with Crippen LogP contribution in [0.5, 0.6) is 0 Å². The van der Waals surface area contributed by atoms with Crippen LogP contribution in [0.3, 0.4) is 0 Å². The molecular formula is C12H24N2O2. The number of carbonyl (C=O) groups is 1. The highest BCUT2D eigenvalue weighted by Crippen LogP contribution is 2.18. The van der Waals surface area contributed by atoms with Crippen LogP contribution in [0.1, 0.15) is 40.0 Å². The number of hydrogen-bond acceptors (Lipinski definition) is 3. The van der Waals surface area contributed by atoms with Crippen LogP contribution < -0.4 is 5.32 Å². The van der Waals surface area contributed by atoms with E-state index < -0.39 is 5.60 Å². The zero-order valence-electron chi connectivity index (χ0n) is 10.6. The summed E-state index contributed by atoms with van der Waals surface area (Å²) in [6.45, 7) is 7.22. The lowest BCUT2D eigenvalue weighted by Gasteiger charge is -2.28. The molecular weight excluding hydrogens is 204 g/mol. The van der Waals surface area contributed by atoms with Crippen LogP contribution in [-0.4, -0.2) is 47.2 Å². The molecule has 94 valence electrons. The van der Waals surface area contributed by atoms with Crippen LogP contribution in [0.2, 0.25) is 0 Å². The maximum atomic E-state index is 11.8. The Morgan fingerprint density at radius 2 is 2.12 bits per heavy atom. The Hall–Kier alpha value is -0.610. The standard InChI is InChI=1S/C12H24N2O2/c1-4-14(9-12(2,3)16)11(15)7-8-13-10-5-6-10/h10,13,16H,4-9H2,1-3H3. The number of amides is 1. The molecule has 16 heavy (non-hydrogen) atoms. The first-order valence-corrected chi connectivity index (χ1v) is 6.16. The summed E-state index contributed by atoms with van der Waals surface area (Å²) >= 11 is 0. The van der Waals surface area contributed by atoms with E-state index >= 15 is 0 Å². The van der Waals surface area contributed by atoms with Gasteiger partial charge < -0.3 is 15.3 Å². The highest BCUT2D eigenvalue weighted by molar-refractivity contribution is 5.76. The first kappa shape index (κ1) is 13.5. The molecule has 0 heterocycles. The molecule has 1 fully saturated rings. The van der Waals surface area contributed by atoms with Crippen LogP contribution >= 0.6 is 0 Å². The maximum absolute atomic E-state index is 11.8. The van der Waals surface area contributed by atoms with Gasteiger partial charge in [0.1, 0.15) is 0 Å². The van der Waals surface area contributed by atoms with E-state index in [0.29, 0.717) is 25.6 Å². The van der Waals surface area contributed by atoms with Crippen molar-refractivity contribution in [2.45, 2.75) is 51.7 Å². The fraction of sp³-hybridized carbons (Fsp3) is 0.917. The number of rotatable bonds is 7. The summed E-state index contributed by atoms with van der Waals surface area (Å²) in [5, 5.41) is 13.0. The van der Waals surface area contributed by atoms with E-state index in [2.05, 4.69) is 5.32 Å². The third-order valence-corrected chi connectivity index (χ3v) is 2.66. The van der Waals surface area contributed by atoms with Crippen molar-refractivity contribution < 1.29 is 9.90 Å². The molecule has 4 nitrogen and oxygen atoms in total. The number of likely N-dealkylation sites (N-methyl/N-ethyl adjacent to an activating group) is 1. The van der Waals surface area contributed by atoms with Crippen molar-refractivity contribution in [1.29, 1.82) is 0 Å². The van der Waals surface area contributed by atoms with E-state index in [-0.39, 0.29) is 5.91 Å². The third-order valence-electron chi connectivity index (χ3n) is 2.66. The molecule has 0 unspecified atom stereocenters. The van der Waals surface area contributed by atoms with Gasteiger partial charge in [0.25, 0.3) is 0 Å². The summed E-state index contributed by atoms with van der Waals surface area (Å²) in [6.07, 6.45) is 3.02. The van der Waals surface area contributed by atoms with Gasteiger partial charge in [-0.2, -0.15) is 0 Å². The molecule has 0 aliphatic heterocycles. The summed E-state index contributed by atoms with van der Waals surface area (Å²) in [6, 6.07) is 0.650. The van der Waals surface area contributed by atoms with Crippen molar-refractivity contribution in [1.82, 2.24) is 10.2 Å². The second kappa shape index (κ2) is 5.64. The molecule has 1 aliphatic carbocycles.